The van der Waals surface area contributed by atoms with Crippen molar-refractivity contribution < 1.29 is 31.5 Å². The molecule has 0 aliphatic carbocycles. The number of sulfonamides is 1. The molecule has 0 unspecified atom stereocenters. The van der Waals surface area contributed by atoms with Crippen LogP contribution in [0.15, 0.2) is 70.0 Å². The third-order valence-electron chi connectivity index (χ3n) is 5.34. The molecule has 0 spiro atoms. The van der Waals surface area contributed by atoms with E-state index >= 15 is 0 Å². The summed E-state index contributed by atoms with van der Waals surface area (Å²) in [5.41, 5.74) is 0.699. The Kier molecular flexibility index (Phi) is 9.02. The molecule has 3 aromatic rings. The summed E-state index contributed by atoms with van der Waals surface area (Å²) in [5, 5.41) is 0. The molecule has 1 aromatic heterocycles. The zero-order valence-corrected chi connectivity index (χ0v) is 20.8. The van der Waals surface area contributed by atoms with Crippen LogP contribution in [0.4, 0.5) is 4.39 Å². The van der Waals surface area contributed by atoms with Gasteiger partial charge in [0.2, 0.25) is 15.9 Å². The predicted octanol–water partition coefficient (Wildman–Crippen LogP) is 3.60. The molecular formula is C25H29FN2O6S. The number of furan rings is 1. The van der Waals surface area contributed by atoms with Crippen LogP contribution >= 0.6 is 0 Å². The monoisotopic (exact) mass is 504 g/mol. The Labute approximate surface area is 204 Å². The van der Waals surface area contributed by atoms with E-state index in [2.05, 4.69) is 0 Å². The molecule has 0 bridgehead atoms. The van der Waals surface area contributed by atoms with Crippen LogP contribution in [-0.2, 0) is 32.6 Å². The van der Waals surface area contributed by atoms with Crippen LogP contribution in [0.5, 0.6) is 5.75 Å². The van der Waals surface area contributed by atoms with E-state index in [4.69, 9.17) is 13.9 Å². The van der Waals surface area contributed by atoms with Gasteiger partial charge in [0.1, 0.15) is 23.1 Å². The normalized spacial score (nSPS) is 11.6. The van der Waals surface area contributed by atoms with Crippen molar-refractivity contribution in [3.63, 3.8) is 0 Å². The molecule has 0 aliphatic heterocycles. The van der Waals surface area contributed by atoms with Gasteiger partial charge in [-0.05, 0) is 61.0 Å². The average molecular weight is 505 g/mol. The summed E-state index contributed by atoms with van der Waals surface area (Å²) in [6, 6.07) is 15.3. The third kappa shape index (κ3) is 7.14. The highest BCUT2D eigenvalue weighted by molar-refractivity contribution is 7.89. The number of hydrogen-bond donors (Lipinski definition) is 0. The highest BCUT2D eigenvalue weighted by Gasteiger charge is 2.29. The number of amides is 1. The van der Waals surface area contributed by atoms with Gasteiger partial charge in [-0.15, -0.1) is 0 Å². The van der Waals surface area contributed by atoms with Crippen molar-refractivity contribution in [3.05, 3.63) is 83.6 Å². The number of carbonyl (C=O) groups excluding carboxylic acids is 1. The standard InChI is InChI=1S/C25H29FN2O6S/c1-19-4-9-23(34-19)17-27(16-20-5-7-21(26)8-6-20)25(29)18-28(14-15-32-2)35(30,31)24-12-10-22(33-3)11-13-24/h4-13H,14-18H2,1-3H3. The molecule has 1 amide bonds. The minimum atomic E-state index is -4.00. The SMILES string of the molecule is COCCN(CC(=O)N(Cc1ccc(F)cc1)Cc1ccc(C)o1)S(=O)(=O)c1ccc(OC)cc1. The minimum absolute atomic E-state index is 0.0130. The van der Waals surface area contributed by atoms with Crippen molar-refractivity contribution in [3.8, 4) is 5.75 Å². The summed E-state index contributed by atoms with van der Waals surface area (Å²) in [6.45, 7) is 1.77. The molecular weight excluding hydrogens is 475 g/mol. The van der Waals surface area contributed by atoms with Crippen LogP contribution in [0.3, 0.4) is 0 Å². The second kappa shape index (κ2) is 12.0. The zero-order chi connectivity index (χ0) is 25.4. The van der Waals surface area contributed by atoms with Crippen LogP contribution in [0.25, 0.3) is 0 Å². The topological polar surface area (TPSA) is 89.3 Å². The molecule has 2 aromatic carbocycles. The summed E-state index contributed by atoms with van der Waals surface area (Å²) < 4.78 is 57.0. The highest BCUT2D eigenvalue weighted by Crippen LogP contribution is 2.21. The summed E-state index contributed by atoms with van der Waals surface area (Å²) in [6.07, 6.45) is 0. The molecule has 0 radical (unpaired) electrons. The fraction of sp³-hybridized carbons (Fsp3) is 0.320. The third-order valence-corrected chi connectivity index (χ3v) is 7.20. The van der Waals surface area contributed by atoms with Gasteiger partial charge >= 0.3 is 0 Å². The molecule has 1 heterocycles. The molecule has 0 atom stereocenters. The van der Waals surface area contributed by atoms with E-state index in [1.54, 1.807) is 43.3 Å². The second-order valence-electron chi connectivity index (χ2n) is 7.90. The Bertz CT molecular complexity index is 1210. The lowest BCUT2D eigenvalue weighted by atomic mass is 10.2. The van der Waals surface area contributed by atoms with Gasteiger partial charge in [0.25, 0.3) is 0 Å². The van der Waals surface area contributed by atoms with Gasteiger partial charge in [-0.3, -0.25) is 4.79 Å². The van der Waals surface area contributed by atoms with Gasteiger partial charge in [-0.25, -0.2) is 12.8 Å². The van der Waals surface area contributed by atoms with Crippen molar-refractivity contribution in [1.29, 1.82) is 0 Å². The fourth-order valence-electron chi connectivity index (χ4n) is 3.43. The Balaban J connectivity index is 1.86. The van der Waals surface area contributed by atoms with Crippen LogP contribution in [0.1, 0.15) is 17.1 Å². The summed E-state index contributed by atoms with van der Waals surface area (Å²) in [4.78, 5) is 14.9. The highest BCUT2D eigenvalue weighted by atomic mass is 32.2. The van der Waals surface area contributed by atoms with Crippen molar-refractivity contribution in [2.75, 3.05) is 33.9 Å². The zero-order valence-electron chi connectivity index (χ0n) is 19.9. The quantitative estimate of drug-likeness (QED) is 0.375. The first kappa shape index (κ1) is 26.4. The molecule has 3 rings (SSSR count). The molecule has 10 heteroatoms. The van der Waals surface area contributed by atoms with E-state index in [-0.39, 0.29) is 37.0 Å². The van der Waals surface area contributed by atoms with E-state index in [9.17, 15) is 17.6 Å². The average Bonchev–Trinajstić information content (AvgIpc) is 3.26. The minimum Gasteiger partial charge on any atom is -0.497 e. The number of ether oxygens (including phenoxy) is 2. The molecule has 0 fully saturated rings. The first-order valence-corrected chi connectivity index (χ1v) is 12.4. The maximum Gasteiger partial charge on any atom is 0.243 e. The van der Waals surface area contributed by atoms with Gasteiger partial charge in [-0.1, -0.05) is 12.1 Å². The van der Waals surface area contributed by atoms with Gasteiger partial charge in [0.05, 0.1) is 31.7 Å². The van der Waals surface area contributed by atoms with Crippen molar-refractivity contribution in [2.24, 2.45) is 0 Å². The van der Waals surface area contributed by atoms with Crippen molar-refractivity contribution in [2.45, 2.75) is 24.9 Å². The first-order chi connectivity index (χ1) is 16.7. The van der Waals surface area contributed by atoms with Gasteiger partial charge in [0.15, 0.2) is 0 Å². The van der Waals surface area contributed by atoms with Gasteiger partial charge in [0, 0.05) is 20.2 Å². The number of hydrogen-bond acceptors (Lipinski definition) is 6. The summed E-state index contributed by atoms with van der Waals surface area (Å²) in [5.74, 6) is 0.946. The molecule has 35 heavy (non-hydrogen) atoms. The molecule has 0 saturated heterocycles. The second-order valence-corrected chi connectivity index (χ2v) is 9.83. The fourth-order valence-corrected chi connectivity index (χ4v) is 4.80. The Morgan fingerprint density at radius 1 is 0.971 bits per heavy atom. The Morgan fingerprint density at radius 3 is 2.23 bits per heavy atom. The Morgan fingerprint density at radius 2 is 1.66 bits per heavy atom. The predicted molar refractivity (Wildman–Crippen MR) is 128 cm³/mol. The lowest BCUT2D eigenvalue weighted by molar-refractivity contribution is -0.133. The molecule has 8 nitrogen and oxygen atoms in total. The maximum absolute atomic E-state index is 13.4. The molecule has 0 saturated carbocycles. The van der Waals surface area contributed by atoms with E-state index in [1.165, 1.54) is 43.4 Å². The van der Waals surface area contributed by atoms with E-state index in [0.717, 1.165) is 4.31 Å². The van der Waals surface area contributed by atoms with Crippen molar-refractivity contribution >= 4 is 15.9 Å². The number of nitrogens with zero attached hydrogens (tertiary/aromatic N) is 2. The van der Waals surface area contributed by atoms with Crippen LogP contribution in [-0.4, -0.2) is 57.4 Å². The van der Waals surface area contributed by atoms with Crippen LogP contribution in [0, 0.1) is 12.7 Å². The maximum atomic E-state index is 13.4. The Hall–Kier alpha value is -3.21. The largest absolute Gasteiger partial charge is 0.497 e. The first-order valence-electron chi connectivity index (χ1n) is 10.9. The molecule has 0 aliphatic rings. The molecule has 188 valence electrons. The summed E-state index contributed by atoms with van der Waals surface area (Å²) in [7, 11) is -1.05. The van der Waals surface area contributed by atoms with E-state index < -0.39 is 22.5 Å². The number of benzene rings is 2. The lowest BCUT2D eigenvalue weighted by Gasteiger charge is -2.27. The number of halogens is 1. The number of carbonyl (C=O) groups is 1. The number of aryl methyl sites for hydroxylation is 1. The van der Waals surface area contributed by atoms with E-state index in [0.29, 0.717) is 22.8 Å². The van der Waals surface area contributed by atoms with Crippen LogP contribution in [0.2, 0.25) is 0 Å². The number of rotatable bonds is 12. The lowest BCUT2D eigenvalue weighted by Crippen LogP contribution is -2.43. The van der Waals surface area contributed by atoms with Crippen molar-refractivity contribution in [1.82, 2.24) is 9.21 Å². The van der Waals surface area contributed by atoms with E-state index in [1.807, 2.05) is 0 Å². The number of methoxy groups -OCH3 is 2. The van der Waals surface area contributed by atoms with Crippen LogP contribution < -0.4 is 4.74 Å². The van der Waals surface area contributed by atoms with Gasteiger partial charge in [-0.2, -0.15) is 4.31 Å². The smallest absolute Gasteiger partial charge is 0.243 e. The summed E-state index contributed by atoms with van der Waals surface area (Å²) >= 11 is 0. The molecule has 0 N–H and O–H groups in total. The van der Waals surface area contributed by atoms with Gasteiger partial charge < -0.3 is 18.8 Å².